The van der Waals surface area contributed by atoms with E-state index in [0.717, 1.165) is 77.4 Å². The number of carbonyl (C=O) groups is 4. The minimum absolute atomic E-state index is 0.00335. The van der Waals surface area contributed by atoms with E-state index in [2.05, 4.69) is 20.7 Å². The van der Waals surface area contributed by atoms with Crippen molar-refractivity contribution in [3.8, 4) is 16.9 Å². The monoisotopic (exact) mass is 1070 g/mol. The number of benzene rings is 4. The number of hydrogen-bond donors (Lipinski definition) is 3. The van der Waals surface area contributed by atoms with Crippen LogP contribution in [-0.4, -0.2) is 104 Å². The number of amides is 3. The number of para-hydroxylation sites is 1. The summed E-state index contributed by atoms with van der Waals surface area (Å²) < 4.78 is 53.4. The Morgan fingerprint density at radius 2 is 1.70 bits per heavy atom. The Bertz CT molecular complexity index is 3370. The molecule has 0 radical (unpaired) electrons. The third-order valence-corrected chi connectivity index (χ3v) is 17.0. The van der Waals surface area contributed by atoms with Gasteiger partial charge < -0.3 is 19.6 Å². The van der Waals surface area contributed by atoms with Crippen molar-refractivity contribution in [3.05, 3.63) is 125 Å². The maximum atomic E-state index is 14.7. The molecule has 0 bridgehead atoms. The maximum absolute atomic E-state index is 14.7. The lowest BCUT2D eigenvalue weighted by molar-refractivity contribution is -0.156. The van der Waals surface area contributed by atoms with Gasteiger partial charge in [0.2, 0.25) is 11.8 Å². The normalized spacial score (nSPS) is 20.3. The van der Waals surface area contributed by atoms with Crippen molar-refractivity contribution in [2.24, 2.45) is 13.0 Å². The smallest absolute Gasteiger partial charge is 0.409 e. The first-order chi connectivity index (χ1) is 37.1. The number of ether oxygens (including phenoxy) is 1. The topological polar surface area (TPSA) is 175 Å². The Balaban J connectivity index is 0.668. The molecule has 2 atom stereocenters. The van der Waals surface area contributed by atoms with E-state index in [1.807, 2.05) is 83.5 Å². The maximum Gasteiger partial charge on any atom is 0.409 e. The number of aromatic nitrogens is 4. The van der Waals surface area contributed by atoms with E-state index in [1.165, 1.54) is 16.2 Å². The minimum Gasteiger partial charge on any atom is -0.490 e. The Morgan fingerprint density at radius 3 is 2.49 bits per heavy atom. The van der Waals surface area contributed by atoms with Gasteiger partial charge in [0.05, 0.1) is 33.4 Å². The largest absolute Gasteiger partial charge is 0.490 e. The van der Waals surface area contributed by atoms with E-state index >= 15 is 0 Å². The third kappa shape index (κ3) is 10.8. The fraction of sp³-hybridized carbons (Fsp3) is 0.397. The van der Waals surface area contributed by atoms with Gasteiger partial charge in [0.1, 0.15) is 17.6 Å². The summed E-state index contributed by atoms with van der Waals surface area (Å²) in [4.78, 5) is 65.6. The second-order valence-corrected chi connectivity index (χ2v) is 21.9. The highest BCUT2D eigenvalue weighted by Gasteiger charge is 2.47. The molecule has 15 nitrogen and oxygen atoms in total. The highest BCUT2D eigenvalue weighted by atomic mass is 32.1. The summed E-state index contributed by atoms with van der Waals surface area (Å²) >= 11 is 1.42. The van der Waals surface area contributed by atoms with Crippen LogP contribution in [0.5, 0.6) is 5.75 Å². The second-order valence-electron chi connectivity index (χ2n) is 20.9. The van der Waals surface area contributed by atoms with E-state index in [4.69, 9.17) is 9.72 Å². The van der Waals surface area contributed by atoms with E-state index in [9.17, 15) is 37.5 Å². The highest BCUT2D eigenvalue weighted by Crippen LogP contribution is 2.39. The van der Waals surface area contributed by atoms with Gasteiger partial charge in [-0.2, -0.15) is 18.3 Å². The van der Waals surface area contributed by atoms with Gasteiger partial charge in [-0.25, -0.2) is 14.8 Å². The number of nitrogens with one attached hydrogen (secondary N) is 2. The molecule has 400 valence electrons. The van der Waals surface area contributed by atoms with Crippen LogP contribution >= 0.6 is 11.3 Å². The van der Waals surface area contributed by atoms with E-state index in [0.29, 0.717) is 95.0 Å². The molecule has 3 aromatic heterocycles. The number of piperazine rings is 1. The number of anilines is 3. The number of piperidine rings is 1. The molecule has 0 spiro atoms. The van der Waals surface area contributed by atoms with Crippen molar-refractivity contribution in [1.82, 2.24) is 30.0 Å². The molecule has 1 unspecified atom stereocenters. The van der Waals surface area contributed by atoms with Gasteiger partial charge in [-0.3, -0.25) is 34.6 Å². The molecule has 7 aromatic rings. The fourth-order valence-corrected chi connectivity index (χ4v) is 12.8. The number of carboxylic acid groups (broad SMARTS) is 1. The molecule has 2 saturated heterocycles. The number of unbranched alkanes of at least 4 members (excludes halogenated alkanes) is 1. The van der Waals surface area contributed by atoms with Gasteiger partial charge in [0, 0.05) is 68.4 Å². The van der Waals surface area contributed by atoms with Crippen LogP contribution in [-0.2, 0) is 29.6 Å². The summed E-state index contributed by atoms with van der Waals surface area (Å²) in [6.45, 7) is 4.12. The lowest BCUT2D eigenvalue weighted by atomic mass is 9.84. The molecule has 11 rings (SSSR count). The van der Waals surface area contributed by atoms with Crippen molar-refractivity contribution < 1.29 is 42.2 Å². The number of carboxylic acids is 1. The third-order valence-electron chi connectivity index (χ3n) is 16.0. The van der Waals surface area contributed by atoms with Crippen molar-refractivity contribution >= 4 is 72.8 Å². The van der Waals surface area contributed by atoms with E-state index < -0.39 is 30.0 Å². The first-order valence-corrected chi connectivity index (χ1v) is 27.4. The quantitative estimate of drug-likeness (QED) is 0.0696. The number of aromatic carboxylic acids is 1. The first kappa shape index (κ1) is 51.7. The summed E-state index contributed by atoms with van der Waals surface area (Å²) in [6, 6.07) is 26.3. The summed E-state index contributed by atoms with van der Waals surface area (Å²) in [5.74, 6) is -1.02. The molecule has 3 N–H and O–H groups in total. The highest BCUT2D eigenvalue weighted by molar-refractivity contribution is 7.22. The molecular weight excluding hydrogens is 1010 g/mol. The van der Waals surface area contributed by atoms with Crippen LogP contribution in [0.4, 0.5) is 29.8 Å². The number of hydrogen-bond acceptors (Lipinski definition) is 12. The Kier molecular flexibility index (Phi) is 14.5. The number of thiazole rings is 1. The van der Waals surface area contributed by atoms with Crippen LogP contribution in [0.3, 0.4) is 0 Å². The van der Waals surface area contributed by atoms with Crippen molar-refractivity contribution in [2.45, 2.75) is 102 Å². The average Bonchev–Trinajstić information content (AvgIpc) is 4.10. The lowest BCUT2D eigenvalue weighted by Crippen LogP contribution is -2.59. The van der Waals surface area contributed by atoms with Crippen LogP contribution in [0.1, 0.15) is 107 Å². The molecule has 19 heteroatoms. The number of pyridine rings is 1. The number of alkyl halides is 3. The van der Waals surface area contributed by atoms with Crippen LogP contribution in [0, 0.1) is 12.8 Å². The van der Waals surface area contributed by atoms with Gasteiger partial charge in [-0.05, 0) is 141 Å². The van der Waals surface area contributed by atoms with Gasteiger partial charge in [-0.15, -0.1) is 0 Å². The minimum atomic E-state index is -4.44. The number of imide groups is 1. The molecule has 1 saturated carbocycles. The Labute approximate surface area is 447 Å². The summed E-state index contributed by atoms with van der Waals surface area (Å²) in [5.41, 5.74) is 6.87. The van der Waals surface area contributed by atoms with Crippen molar-refractivity contribution in [1.29, 1.82) is 0 Å². The molecule has 6 heterocycles. The average molecular weight is 1070 g/mol. The predicted octanol–water partition coefficient (Wildman–Crippen LogP) is 10.4. The number of halogens is 3. The molecule has 1 aliphatic carbocycles. The number of nitrogens with zero attached hydrogens (tertiary/aromatic N) is 7. The molecule has 4 aromatic carbocycles. The molecule has 77 heavy (non-hydrogen) atoms. The van der Waals surface area contributed by atoms with Crippen LogP contribution < -0.4 is 25.2 Å². The summed E-state index contributed by atoms with van der Waals surface area (Å²) in [6.07, 6.45) is 3.19. The molecule has 3 fully saturated rings. The Hall–Kier alpha value is -7.38. The van der Waals surface area contributed by atoms with Gasteiger partial charge in [-0.1, -0.05) is 60.6 Å². The predicted molar refractivity (Wildman–Crippen MR) is 290 cm³/mol. The first-order valence-electron chi connectivity index (χ1n) is 26.5. The van der Waals surface area contributed by atoms with Gasteiger partial charge >= 0.3 is 12.1 Å². The zero-order chi connectivity index (χ0) is 53.5. The van der Waals surface area contributed by atoms with Crippen LogP contribution in [0.25, 0.3) is 32.2 Å². The summed E-state index contributed by atoms with van der Waals surface area (Å²) in [5, 5.41) is 21.7. The standard InChI is InChI=1S/C58H60F3N9O6S/c1-34-39(40-22-24-50(63-53(40)56(74)75)69-28-26-36-10-7-12-41(44(36)32-69)54(72)65-57-62-45-13-3-4-15-48(45)77-57)11-8-14-47(34)76-38-19-16-35(17-20-38)9-5-6-27-68-29-30-70(49(33-68)58(59,60)61)37-18-21-42-46(31-37)67(2)66-52(42)43-23-25-51(71)64-55(43)73/h3-4,7-8,10-15,18,21-22,24,31,35,38,43,49H,5-6,9,16-17,19-20,23,25-30,32-33H2,1-2H3,(H,74,75)(H,62,65,72)(H,64,71,73)/t35-,38-,43?,49-/m1/s1. The fourth-order valence-electron chi connectivity index (χ4n) is 11.9. The van der Waals surface area contributed by atoms with Gasteiger partial charge in [0.15, 0.2) is 10.8 Å². The number of rotatable bonds is 14. The second kappa shape index (κ2) is 21.6. The summed E-state index contributed by atoms with van der Waals surface area (Å²) in [7, 11) is 1.71. The van der Waals surface area contributed by atoms with E-state index in [1.54, 1.807) is 36.0 Å². The van der Waals surface area contributed by atoms with Crippen molar-refractivity contribution in [2.75, 3.05) is 47.8 Å². The number of aryl methyl sites for hydroxylation is 1. The van der Waals surface area contributed by atoms with Gasteiger partial charge in [0.25, 0.3) is 5.91 Å². The molecule has 3 aliphatic heterocycles. The molecular formula is C58H60F3N9O6S. The zero-order valence-electron chi connectivity index (χ0n) is 42.9. The zero-order valence-corrected chi connectivity index (χ0v) is 43.8. The van der Waals surface area contributed by atoms with Crippen molar-refractivity contribution in [3.63, 3.8) is 0 Å². The molecule has 3 amide bonds. The SMILES string of the molecule is Cc1c(O[C@H]2CC[C@H](CCCCN3CCN(c4ccc5c(C6CCC(=O)NC6=O)nn(C)c5c4)[C@@H](C(F)(F)F)C3)CC2)cccc1-c1ccc(N2CCc3cccc(C(=O)Nc4nc5ccccc5s4)c3C2)nc1C(=O)O. The van der Waals surface area contributed by atoms with Crippen LogP contribution in [0.15, 0.2) is 91.0 Å². The number of carbonyl (C=O) groups excluding carboxylic acids is 3. The van der Waals surface area contributed by atoms with E-state index in [-0.39, 0.29) is 43.1 Å². The number of fused-ring (bicyclic) bond motifs is 3. The molecule has 4 aliphatic rings. The Morgan fingerprint density at radius 1 is 0.883 bits per heavy atom. The lowest BCUT2D eigenvalue weighted by Gasteiger charge is -2.43. The van der Waals surface area contributed by atoms with Crippen LogP contribution in [0.2, 0.25) is 0 Å².